The predicted molar refractivity (Wildman–Crippen MR) is 65.1 cm³/mol. The van der Waals surface area contributed by atoms with Gasteiger partial charge in [0.1, 0.15) is 5.82 Å². The fourth-order valence-corrected chi connectivity index (χ4v) is 1.46. The highest BCUT2D eigenvalue weighted by Gasteiger charge is 1.92. The summed E-state index contributed by atoms with van der Waals surface area (Å²) in [6.45, 7) is 0. The van der Waals surface area contributed by atoms with Crippen LogP contribution in [0.1, 0.15) is 5.56 Å². The zero-order valence-corrected chi connectivity index (χ0v) is 9.16. The van der Waals surface area contributed by atoms with Crippen LogP contribution >= 0.6 is 11.6 Å². The molecule has 0 aromatic heterocycles. The van der Waals surface area contributed by atoms with Gasteiger partial charge in [-0.3, -0.25) is 4.99 Å². The van der Waals surface area contributed by atoms with Gasteiger partial charge in [0, 0.05) is 11.2 Å². The second-order valence-electron chi connectivity index (χ2n) is 3.29. The topological polar surface area (TPSA) is 12.4 Å². The Kier molecular flexibility index (Phi) is 3.32. The Balaban J connectivity index is 2.18. The normalized spacial score (nSPS) is 10.9. The molecule has 0 unspecified atom stereocenters. The van der Waals surface area contributed by atoms with E-state index in [0.717, 1.165) is 5.56 Å². The second-order valence-corrected chi connectivity index (χ2v) is 3.73. The molecule has 1 nitrogen and oxygen atoms in total. The van der Waals surface area contributed by atoms with Crippen LogP contribution in [0.5, 0.6) is 0 Å². The van der Waals surface area contributed by atoms with Crippen molar-refractivity contribution in [1.82, 2.24) is 0 Å². The summed E-state index contributed by atoms with van der Waals surface area (Å²) in [7, 11) is 0. The van der Waals surface area contributed by atoms with Gasteiger partial charge in [-0.05, 0) is 42.0 Å². The number of halogens is 2. The van der Waals surface area contributed by atoms with Crippen LogP contribution in [-0.2, 0) is 0 Å². The molecule has 0 saturated carbocycles. The van der Waals surface area contributed by atoms with E-state index in [-0.39, 0.29) is 5.82 Å². The average Bonchev–Trinajstić information content (AvgIpc) is 2.28. The summed E-state index contributed by atoms with van der Waals surface area (Å²) in [4.78, 5) is 4.21. The lowest BCUT2D eigenvalue weighted by molar-refractivity contribution is 0.628. The van der Waals surface area contributed by atoms with Crippen molar-refractivity contribution in [2.45, 2.75) is 0 Å². The van der Waals surface area contributed by atoms with Crippen molar-refractivity contribution in [1.29, 1.82) is 0 Å². The standard InChI is InChI=1S/C13H9ClFN/c14-11-3-1-2-10(8-11)9-16-13-6-4-12(15)5-7-13/h1-9H/b16-9+. The van der Waals surface area contributed by atoms with Crippen molar-refractivity contribution < 1.29 is 4.39 Å². The Hall–Kier alpha value is -1.67. The molecule has 0 spiro atoms. The highest BCUT2D eigenvalue weighted by atomic mass is 35.5. The third-order valence-corrected chi connectivity index (χ3v) is 2.27. The monoisotopic (exact) mass is 233 g/mol. The summed E-state index contributed by atoms with van der Waals surface area (Å²) in [5.74, 6) is -0.262. The van der Waals surface area contributed by atoms with Crippen LogP contribution in [-0.4, -0.2) is 6.21 Å². The number of hydrogen-bond acceptors (Lipinski definition) is 1. The van der Waals surface area contributed by atoms with Gasteiger partial charge < -0.3 is 0 Å². The van der Waals surface area contributed by atoms with Crippen molar-refractivity contribution in [2.75, 3.05) is 0 Å². The average molecular weight is 234 g/mol. The molecule has 0 heterocycles. The summed E-state index contributed by atoms with van der Waals surface area (Å²) >= 11 is 5.84. The summed E-state index contributed by atoms with van der Waals surface area (Å²) in [6, 6.07) is 13.4. The molecule has 0 aliphatic carbocycles. The molecule has 16 heavy (non-hydrogen) atoms. The molecule has 2 aromatic rings. The van der Waals surface area contributed by atoms with Crippen LogP contribution in [0.2, 0.25) is 5.02 Å². The van der Waals surface area contributed by atoms with Gasteiger partial charge >= 0.3 is 0 Å². The fourth-order valence-electron chi connectivity index (χ4n) is 1.26. The van der Waals surface area contributed by atoms with Gasteiger partial charge in [0.15, 0.2) is 0 Å². The van der Waals surface area contributed by atoms with E-state index in [1.54, 1.807) is 24.4 Å². The summed E-state index contributed by atoms with van der Waals surface area (Å²) in [5, 5.41) is 0.669. The molecule has 2 rings (SSSR count). The maximum Gasteiger partial charge on any atom is 0.123 e. The van der Waals surface area contributed by atoms with E-state index in [1.807, 2.05) is 18.2 Å². The molecule has 0 atom stereocenters. The van der Waals surface area contributed by atoms with E-state index < -0.39 is 0 Å². The molecule has 3 heteroatoms. The first-order valence-electron chi connectivity index (χ1n) is 4.79. The minimum Gasteiger partial charge on any atom is -0.256 e. The Morgan fingerprint density at radius 2 is 1.81 bits per heavy atom. The van der Waals surface area contributed by atoms with Gasteiger partial charge in [0.25, 0.3) is 0 Å². The second kappa shape index (κ2) is 4.90. The van der Waals surface area contributed by atoms with Crippen molar-refractivity contribution in [2.24, 2.45) is 4.99 Å². The van der Waals surface area contributed by atoms with E-state index in [1.165, 1.54) is 12.1 Å². The molecule has 0 aliphatic rings. The van der Waals surface area contributed by atoms with Gasteiger partial charge in [-0.15, -0.1) is 0 Å². The predicted octanol–water partition coefficient (Wildman–Crippen LogP) is 4.23. The van der Waals surface area contributed by atoms with Gasteiger partial charge in [-0.25, -0.2) is 4.39 Å². The zero-order valence-electron chi connectivity index (χ0n) is 8.40. The third-order valence-electron chi connectivity index (χ3n) is 2.04. The maximum atomic E-state index is 12.6. The molecule has 80 valence electrons. The molecule has 0 amide bonds. The Morgan fingerprint density at radius 3 is 2.50 bits per heavy atom. The lowest BCUT2D eigenvalue weighted by Crippen LogP contribution is -1.79. The van der Waals surface area contributed by atoms with E-state index in [0.29, 0.717) is 10.7 Å². The lowest BCUT2D eigenvalue weighted by atomic mass is 10.2. The molecule has 0 N–H and O–H groups in total. The zero-order chi connectivity index (χ0) is 11.4. The van der Waals surface area contributed by atoms with Gasteiger partial charge in [-0.2, -0.15) is 0 Å². The van der Waals surface area contributed by atoms with Crippen LogP contribution in [0.3, 0.4) is 0 Å². The largest absolute Gasteiger partial charge is 0.256 e. The van der Waals surface area contributed by atoms with Crippen LogP contribution in [0.25, 0.3) is 0 Å². The summed E-state index contributed by atoms with van der Waals surface area (Å²) < 4.78 is 12.6. The van der Waals surface area contributed by atoms with E-state index in [4.69, 9.17) is 11.6 Å². The van der Waals surface area contributed by atoms with Crippen molar-refractivity contribution >= 4 is 23.5 Å². The molecular formula is C13H9ClFN. The maximum absolute atomic E-state index is 12.6. The molecular weight excluding hydrogens is 225 g/mol. The highest BCUT2D eigenvalue weighted by Crippen LogP contribution is 2.13. The fraction of sp³-hybridized carbons (Fsp3) is 0. The van der Waals surface area contributed by atoms with E-state index in [9.17, 15) is 4.39 Å². The van der Waals surface area contributed by atoms with Crippen LogP contribution < -0.4 is 0 Å². The Morgan fingerprint density at radius 1 is 1.06 bits per heavy atom. The first-order valence-corrected chi connectivity index (χ1v) is 5.17. The number of rotatable bonds is 2. The first-order chi connectivity index (χ1) is 7.74. The number of benzene rings is 2. The van der Waals surface area contributed by atoms with E-state index >= 15 is 0 Å². The van der Waals surface area contributed by atoms with Crippen LogP contribution in [0, 0.1) is 5.82 Å². The number of nitrogens with zero attached hydrogens (tertiary/aromatic N) is 1. The van der Waals surface area contributed by atoms with Crippen molar-refractivity contribution in [3.05, 3.63) is 64.9 Å². The Labute approximate surface area is 98.2 Å². The number of aliphatic imine (C=N–C) groups is 1. The van der Waals surface area contributed by atoms with Gasteiger partial charge in [-0.1, -0.05) is 23.7 Å². The molecule has 0 radical (unpaired) electrons. The first kappa shape index (κ1) is 10.8. The minimum atomic E-state index is -0.262. The van der Waals surface area contributed by atoms with E-state index in [2.05, 4.69) is 4.99 Å². The molecule has 2 aromatic carbocycles. The smallest absolute Gasteiger partial charge is 0.123 e. The molecule has 0 saturated heterocycles. The van der Waals surface area contributed by atoms with Gasteiger partial charge in [0.2, 0.25) is 0 Å². The van der Waals surface area contributed by atoms with Crippen LogP contribution in [0.15, 0.2) is 53.5 Å². The van der Waals surface area contributed by atoms with Crippen molar-refractivity contribution in [3.8, 4) is 0 Å². The van der Waals surface area contributed by atoms with Crippen LogP contribution in [0.4, 0.5) is 10.1 Å². The molecule has 0 aliphatic heterocycles. The summed E-state index contributed by atoms with van der Waals surface area (Å²) in [5.41, 5.74) is 1.62. The molecule has 0 bridgehead atoms. The Bertz CT molecular complexity index is 506. The SMILES string of the molecule is Fc1ccc(/N=C/c2cccc(Cl)c2)cc1. The molecule has 0 fully saturated rings. The lowest BCUT2D eigenvalue weighted by Gasteiger charge is -1.95. The number of hydrogen-bond donors (Lipinski definition) is 0. The van der Waals surface area contributed by atoms with Gasteiger partial charge in [0.05, 0.1) is 5.69 Å². The quantitative estimate of drug-likeness (QED) is 0.689. The third kappa shape index (κ3) is 2.91. The highest BCUT2D eigenvalue weighted by molar-refractivity contribution is 6.30. The van der Waals surface area contributed by atoms with Crippen molar-refractivity contribution in [3.63, 3.8) is 0 Å². The summed E-state index contributed by atoms with van der Waals surface area (Å²) in [6.07, 6.45) is 1.69. The minimum absolute atomic E-state index is 0.262.